The summed E-state index contributed by atoms with van der Waals surface area (Å²) < 4.78 is 10.4. The van der Waals surface area contributed by atoms with Gasteiger partial charge in [0.2, 0.25) is 11.8 Å². The van der Waals surface area contributed by atoms with Gasteiger partial charge in [0.15, 0.2) is 6.10 Å². The van der Waals surface area contributed by atoms with Crippen molar-refractivity contribution >= 4 is 11.8 Å². The lowest BCUT2D eigenvalue weighted by Crippen LogP contribution is -2.50. The number of carbonyl (C=O) groups is 2. The van der Waals surface area contributed by atoms with E-state index in [0.29, 0.717) is 18.9 Å². The van der Waals surface area contributed by atoms with Gasteiger partial charge in [-0.25, -0.2) is 0 Å². The first kappa shape index (κ1) is 14.3. The summed E-state index contributed by atoms with van der Waals surface area (Å²) in [4.78, 5) is 25.0. The lowest BCUT2D eigenvalue weighted by Gasteiger charge is -2.31. The van der Waals surface area contributed by atoms with Crippen LogP contribution in [-0.4, -0.2) is 49.6 Å². The van der Waals surface area contributed by atoms with E-state index in [-0.39, 0.29) is 18.9 Å². The van der Waals surface area contributed by atoms with Crippen molar-refractivity contribution < 1.29 is 19.1 Å². The maximum Gasteiger partial charge on any atom is 0.248 e. The number of nitrogens with zero attached hydrogens (tertiary/aromatic N) is 1. The fraction of sp³-hybridized carbons (Fsp3) is 0.429. The Morgan fingerprint density at radius 3 is 2.90 bits per heavy atom. The summed E-state index contributed by atoms with van der Waals surface area (Å²) in [5.74, 6) is 0.0735. The number of primary amides is 1. The van der Waals surface area contributed by atoms with Crippen LogP contribution in [0.15, 0.2) is 24.3 Å². The van der Waals surface area contributed by atoms with Crippen molar-refractivity contribution in [1.82, 2.24) is 4.90 Å². The van der Waals surface area contributed by atoms with Crippen LogP contribution in [0.25, 0.3) is 0 Å². The molecule has 0 bridgehead atoms. The van der Waals surface area contributed by atoms with Crippen LogP contribution in [-0.2, 0) is 20.7 Å². The summed E-state index contributed by atoms with van der Waals surface area (Å²) in [6.07, 6.45) is -0.486. The van der Waals surface area contributed by atoms with E-state index in [2.05, 4.69) is 0 Å². The molecule has 1 aliphatic heterocycles. The summed E-state index contributed by atoms with van der Waals surface area (Å²) in [6, 6.07) is 7.37. The number of para-hydroxylation sites is 1. The van der Waals surface area contributed by atoms with Crippen LogP contribution in [0.3, 0.4) is 0 Å². The maximum absolute atomic E-state index is 12.3. The average molecular weight is 278 g/mol. The highest BCUT2D eigenvalue weighted by Gasteiger charge is 2.27. The summed E-state index contributed by atoms with van der Waals surface area (Å²) >= 11 is 0. The molecule has 1 saturated heterocycles. The second-order valence-corrected chi connectivity index (χ2v) is 4.59. The number of carbonyl (C=O) groups excluding carboxylic acids is 2. The number of amides is 2. The second kappa shape index (κ2) is 6.38. The van der Waals surface area contributed by atoms with E-state index in [1.807, 2.05) is 24.3 Å². The molecule has 1 aromatic carbocycles. The molecular weight excluding hydrogens is 260 g/mol. The molecule has 0 aromatic heterocycles. The van der Waals surface area contributed by atoms with Gasteiger partial charge in [-0.15, -0.1) is 0 Å². The van der Waals surface area contributed by atoms with Gasteiger partial charge in [-0.3, -0.25) is 9.59 Å². The Labute approximate surface area is 117 Å². The largest absolute Gasteiger partial charge is 0.496 e. The Kier molecular flexibility index (Phi) is 4.57. The van der Waals surface area contributed by atoms with Gasteiger partial charge < -0.3 is 20.1 Å². The summed E-state index contributed by atoms with van der Waals surface area (Å²) in [7, 11) is 1.57. The fourth-order valence-electron chi connectivity index (χ4n) is 2.17. The maximum atomic E-state index is 12.3. The summed E-state index contributed by atoms with van der Waals surface area (Å²) in [5.41, 5.74) is 6.03. The molecule has 6 heteroatoms. The van der Waals surface area contributed by atoms with Gasteiger partial charge in [-0.1, -0.05) is 18.2 Å². The third-order valence-electron chi connectivity index (χ3n) is 3.27. The quantitative estimate of drug-likeness (QED) is 0.837. The lowest BCUT2D eigenvalue weighted by atomic mass is 10.1. The molecule has 0 spiro atoms. The van der Waals surface area contributed by atoms with Crippen molar-refractivity contribution in [3.8, 4) is 5.75 Å². The highest BCUT2D eigenvalue weighted by Crippen LogP contribution is 2.19. The van der Waals surface area contributed by atoms with Crippen LogP contribution in [0.2, 0.25) is 0 Å². The first-order chi connectivity index (χ1) is 9.61. The van der Waals surface area contributed by atoms with Crippen LogP contribution in [0.4, 0.5) is 0 Å². The van der Waals surface area contributed by atoms with Crippen LogP contribution in [0.1, 0.15) is 5.56 Å². The molecular formula is C14H18N2O4. The zero-order chi connectivity index (χ0) is 14.5. The SMILES string of the molecule is COc1ccccc1CC(=O)N1CCO[C@@H](C(N)=O)C1. The molecule has 20 heavy (non-hydrogen) atoms. The number of benzene rings is 1. The van der Waals surface area contributed by atoms with E-state index < -0.39 is 12.0 Å². The Bertz CT molecular complexity index is 504. The van der Waals surface area contributed by atoms with Crippen molar-refractivity contribution in [3.05, 3.63) is 29.8 Å². The Hall–Kier alpha value is -2.08. The predicted molar refractivity (Wildman–Crippen MR) is 72.2 cm³/mol. The van der Waals surface area contributed by atoms with E-state index in [0.717, 1.165) is 5.56 Å². The molecule has 0 radical (unpaired) electrons. The predicted octanol–water partition coefficient (Wildman–Crippen LogP) is -0.0496. The highest BCUT2D eigenvalue weighted by molar-refractivity contribution is 5.83. The molecule has 1 atom stereocenters. The molecule has 1 aliphatic rings. The van der Waals surface area contributed by atoms with Crippen LogP contribution >= 0.6 is 0 Å². The van der Waals surface area contributed by atoms with Gasteiger partial charge in [0.1, 0.15) is 5.75 Å². The third-order valence-corrected chi connectivity index (χ3v) is 3.27. The first-order valence-corrected chi connectivity index (χ1v) is 6.42. The Morgan fingerprint density at radius 1 is 1.45 bits per heavy atom. The first-order valence-electron chi connectivity index (χ1n) is 6.42. The van der Waals surface area contributed by atoms with Crippen molar-refractivity contribution in [1.29, 1.82) is 0 Å². The number of nitrogens with two attached hydrogens (primary N) is 1. The van der Waals surface area contributed by atoms with E-state index >= 15 is 0 Å². The molecule has 6 nitrogen and oxygen atoms in total. The van der Waals surface area contributed by atoms with Gasteiger partial charge >= 0.3 is 0 Å². The molecule has 1 heterocycles. The van der Waals surface area contributed by atoms with Crippen LogP contribution in [0.5, 0.6) is 5.75 Å². The smallest absolute Gasteiger partial charge is 0.248 e. The number of methoxy groups -OCH3 is 1. The van der Waals surface area contributed by atoms with Crippen LogP contribution in [0, 0.1) is 0 Å². The van der Waals surface area contributed by atoms with E-state index in [1.165, 1.54) is 0 Å². The molecule has 1 aromatic rings. The fourth-order valence-corrected chi connectivity index (χ4v) is 2.17. The standard InChI is InChI=1S/C14H18N2O4/c1-19-11-5-3-2-4-10(11)8-13(17)16-6-7-20-12(9-16)14(15)18/h2-5,12H,6-9H2,1H3,(H2,15,18)/t12-/m1/s1. The van der Waals surface area contributed by atoms with Gasteiger partial charge in [0.25, 0.3) is 0 Å². The zero-order valence-corrected chi connectivity index (χ0v) is 11.4. The zero-order valence-electron chi connectivity index (χ0n) is 11.4. The molecule has 2 N–H and O–H groups in total. The Balaban J connectivity index is 2.02. The molecule has 0 unspecified atom stereocenters. The normalized spacial score (nSPS) is 18.6. The molecule has 108 valence electrons. The van der Waals surface area contributed by atoms with Gasteiger partial charge in [0.05, 0.1) is 26.7 Å². The molecule has 2 amide bonds. The summed E-state index contributed by atoms with van der Waals surface area (Å²) in [6.45, 7) is 1.01. The minimum absolute atomic E-state index is 0.0657. The number of hydrogen-bond donors (Lipinski definition) is 1. The topological polar surface area (TPSA) is 81.9 Å². The lowest BCUT2D eigenvalue weighted by molar-refractivity contribution is -0.145. The van der Waals surface area contributed by atoms with E-state index in [1.54, 1.807) is 12.0 Å². The molecule has 0 aliphatic carbocycles. The molecule has 1 fully saturated rings. The van der Waals surface area contributed by atoms with Crippen molar-refractivity contribution in [2.75, 3.05) is 26.8 Å². The number of ether oxygens (including phenoxy) is 2. The Morgan fingerprint density at radius 2 is 2.20 bits per heavy atom. The number of hydrogen-bond acceptors (Lipinski definition) is 4. The number of morpholine rings is 1. The minimum atomic E-state index is -0.717. The van der Waals surface area contributed by atoms with Gasteiger partial charge in [0, 0.05) is 12.1 Å². The minimum Gasteiger partial charge on any atom is -0.496 e. The average Bonchev–Trinajstić information content (AvgIpc) is 2.48. The summed E-state index contributed by atoms with van der Waals surface area (Å²) in [5, 5.41) is 0. The highest BCUT2D eigenvalue weighted by atomic mass is 16.5. The third kappa shape index (κ3) is 3.27. The van der Waals surface area contributed by atoms with Crippen molar-refractivity contribution in [2.24, 2.45) is 5.73 Å². The molecule has 0 saturated carbocycles. The van der Waals surface area contributed by atoms with Gasteiger partial charge in [-0.05, 0) is 6.07 Å². The van der Waals surface area contributed by atoms with E-state index in [4.69, 9.17) is 15.2 Å². The van der Waals surface area contributed by atoms with E-state index in [9.17, 15) is 9.59 Å². The van der Waals surface area contributed by atoms with Crippen LogP contribution < -0.4 is 10.5 Å². The van der Waals surface area contributed by atoms with Crippen molar-refractivity contribution in [3.63, 3.8) is 0 Å². The monoisotopic (exact) mass is 278 g/mol. The van der Waals surface area contributed by atoms with Gasteiger partial charge in [-0.2, -0.15) is 0 Å². The molecule has 2 rings (SSSR count). The number of rotatable bonds is 4. The second-order valence-electron chi connectivity index (χ2n) is 4.59. The van der Waals surface area contributed by atoms with Crippen molar-refractivity contribution in [2.45, 2.75) is 12.5 Å².